The molecule has 6 nitrogen and oxygen atoms in total. The van der Waals surface area contributed by atoms with Crippen LogP contribution in [0.5, 0.6) is 0 Å². The number of esters is 1. The maximum atomic E-state index is 12.8. The van der Waals surface area contributed by atoms with E-state index >= 15 is 0 Å². The van der Waals surface area contributed by atoms with Gasteiger partial charge in [0.25, 0.3) is 0 Å². The number of likely N-dealkylation sites (tertiary alicyclic amines) is 1. The molecule has 164 valence electrons. The Morgan fingerprint density at radius 2 is 1.53 bits per heavy atom. The molecule has 3 aromatic carbocycles. The lowest BCUT2D eigenvalue weighted by Crippen LogP contribution is -2.41. The van der Waals surface area contributed by atoms with Crippen molar-refractivity contribution in [2.45, 2.75) is 24.7 Å². The lowest BCUT2D eigenvalue weighted by molar-refractivity contribution is -0.145. The molecular formula is C26H25NO5. The van der Waals surface area contributed by atoms with Crippen LogP contribution in [0.1, 0.15) is 17.5 Å². The molecule has 32 heavy (non-hydrogen) atoms. The predicted molar refractivity (Wildman–Crippen MR) is 120 cm³/mol. The van der Waals surface area contributed by atoms with Crippen molar-refractivity contribution in [3.8, 4) is 11.1 Å². The molecule has 0 radical (unpaired) electrons. The summed E-state index contributed by atoms with van der Waals surface area (Å²) in [6, 6.07) is 25.8. The minimum absolute atomic E-state index is 0.0325. The predicted octanol–water partition coefficient (Wildman–Crippen LogP) is 4.13. The fraction of sp³-hybridized carbons (Fsp3) is 0.231. The first kappa shape index (κ1) is 21.6. The molecule has 4 rings (SSSR count). The Balaban J connectivity index is 1.53. The molecular weight excluding hydrogens is 406 g/mol. The van der Waals surface area contributed by atoms with Crippen molar-refractivity contribution in [3.63, 3.8) is 0 Å². The number of aliphatic hydroxyl groups is 1. The van der Waals surface area contributed by atoms with Crippen molar-refractivity contribution >= 4 is 12.1 Å². The van der Waals surface area contributed by atoms with E-state index in [0.717, 1.165) is 16.7 Å². The van der Waals surface area contributed by atoms with Gasteiger partial charge in [-0.2, -0.15) is 0 Å². The second-order valence-electron chi connectivity index (χ2n) is 7.89. The third kappa shape index (κ3) is 4.50. The summed E-state index contributed by atoms with van der Waals surface area (Å²) in [7, 11) is 1.27. The second kappa shape index (κ2) is 9.24. The Kier molecular flexibility index (Phi) is 6.23. The number of ether oxygens (including phenoxy) is 2. The summed E-state index contributed by atoms with van der Waals surface area (Å²) in [6.45, 7) is 0.0132. The maximum Gasteiger partial charge on any atom is 0.410 e. The maximum absolute atomic E-state index is 12.8. The van der Waals surface area contributed by atoms with Crippen LogP contribution in [-0.2, 0) is 26.5 Å². The summed E-state index contributed by atoms with van der Waals surface area (Å²) >= 11 is 0. The summed E-state index contributed by atoms with van der Waals surface area (Å²) in [5, 5.41) is 11.4. The van der Waals surface area contributed by atoms with Crippen molar-refractivity contribution in [2.75, 3.05) is 13.7 Å². The molecule has 1 heterocycles. The molecule has 1 saturated heterocycles. The van der Waals surface area contributed by atoms with Crippen LogP contribution in [0, 0.1) is 0 Å². The van der Waals surface area contributed by atoms with Gasteiger partial charge < -0.3 is 14.6 Å². The van der Waals surface area contributed by atoms with Gasteiger partial charge in [-0.05, 0) is 22.3 Å². The van der Waals surface area contributed by atoms with E-state index < -0.39 is 23.7 Å². The van der Waals surface area contributed by atoms with E-state index in [2.05, 4.69) is 0 Å². The van der Waals surface area contributed by atoms with Crippen molar-refractivity contribution < 1.29 is 24.2 Å². The summed E-state index contributed by atoms with van der Waals surface area (Å²) in [6.07, 6.45) is -0.633. The van der Waals surface area contributed by atoms with Gasteiger partial charge in [-0.25, -0.2) is 9.59 Å². The highest BCUT2D eigenvalue weighted by Gasteiger charge is 2.50. The normalized spacial score (nSPS) is 20.1. The number of benzene rings is 3. The summed E-state index contributed by atoms with van der Waals surface area (Å²) < 4.78 is 10.3. The summed E-state index contributed by atoms with van der Waals surface area (Å²) in [4.78, 5) is 26.4. The number of hydrogen-bond acceptors (Lipinski definition) is 5. The number of amides is 1. The third-order valence-corrected chi connectivity index (χ3v) is 5.78. The minimum atomic E-state index is -1.39. The largest absolute Gasteiger partial charge is 0.467 e. The second-order valence-corrected chi connectivity index (χ2v) is 7.89. The summed E-state index contributed by atoms with van der Waals surface area (Å²) in [5.41, 5.74) is 2.15. The first-order chi connectivity index (χ1) is 15.5. The lowest BCUT2D eigenvalue weighted by atomic mass is 9.90. The van der Waals surface area contributed by atoms with E-state index in [4.69, 9.17) is 9.47 Å². The first-order valence-corrected chi connectivity index (χ1v) is 10.4. The number of β-amino-alcohol motifs (C(OH)–C–C–N with tert-alkyl or cyclic N) is 1. The van der Waals surface area contributed by atoms with Gasteiger partial charge in [0, 0.05) is 6.42 Å². The monoisotopic (exact) mass is 431 g/mol. The topological polar surface area (TPSA) is 76.1 Å². The highest BCUT2D eigenvalue weighted by atomic mass is 16.6. The van der Waals surface area contributed by atoms with Crippen LogP contribution in [0.2, 0.25) is 0 Å². The van der Waals surface area contributed by atoms with E-state index in [0.29, 0.717) is 5.56 Å². The van der Waals surface area contributed by atoms with Crippen LogP contribution in [0.15, 0.2) is 84.9 Å². The molecule has 1 aliphatic rings. The van der Waals surface area contributed by atoms with Gasteiger partial charge in [-0.3, -0.25) is 4.90 Å². The van der Waals surface area contributed by atoms with E-state index in [9.17, 15) is 14.7 Å². The van der Waals surface area contributed by atoms with Gasteiger partial charge in [-0.15, -0.1) is 0 Å². The van der Waals surface area contributed by atoms with Crippen LogP contribution >= 0.6 is 0 Å². The van der Waals surface area contributed by atoms with Crippen LogP contribution in [-0.4, -0.2) is 41.8 Å². The molecule has 1 aliphatic heterocycles. The van der Waals surface area contributed by atoms with Gasteiger partial charge in [-0.1, -0.05) is 84.9 Å². The number of carbonyl (C=O) groups excluding carboxylic acids is 2. The standard InChI is InChI=1S/C26H25NO5/c1-31-24(28)23-16-26(30,18-27(23)25(29)32-17-19-8-4-2-5-9-19)22-14-12-21(13-15-22)20-10-6-3-7-11-20/h2-15,23,30H,16-18H2,1H3/t23-,26-/m0/s1. The minimum Gasteiger partial charge on any atom is -0.467 e. The number of carbonyl (C=O) groups is 2. The van der Waals surface area contributed by atoms with Crippen molar-refractivity contribution in [1.29, 1.82) is 0 Å². The fourth-order valence-electron chi connectivity index (χ4n) is 4.04. The Hall–Kier alpha value is -3.64. The zero-order chi connectivity index (χ0) is 22.6. The quantitative estimate of drug-likeness (QED) is 0.615. The smallest absolute Gasteiger partial charge is 0.410 e. The van der Waals surface area contributed by atoms with E-state index in [-0.39, 0.29) is 19.6 Å². The molecule has 0 spiro atoms. The van der Waals surface area contributed by atoms with Crippen molar-refractivity contribution in [3.05, 3.63) is 96.1 Å². The molecule has 1 amide bonds. The highest BCUT2D eigenvalue weighted by Crippen LogP contribution is 2.37. The van der Waals surface area contributed by atoms with E-state index in [1.807, 2.05) is 84.9 Å². The molecule has 1 N–H and O–H groups in total. The number of methoxy groups -OCH3 is 1. The average Bonchev–Trinajstić information content (AvgIpc) is 3.22. The van der Waals surface area contributed by atoms with Crippen LogP contribution in [0.4, 0.5) is 4.79 Å². The van der Waals surface area contributed by atoms with Gasteiger partial charge in [0.2, 0.25) is 0 Å². The average molecular weight is 431 g/mol. The molecule has 0 aromatic heterocycles. The Morgan fingerprint density at radius 3 is 2.16 bits per heavy atom. The molecule has 0 unspecified atom stereocenters. The molecule has 0 bridgehead atoms. The van der Waals surface area contributed by atoms with Crippen molar-refractivity contribution in [1.82, 2.24) is 4.90 Å². The molecule has 0 aliphatic carbocycles. The molecule has 6 heteroatoms. The Bertz CT molecular complexity index is 1070. The molecule has 2 atom stereocenters. The zero-order valence-electron chi connectivity index (χ0n) is 17.8. The van der Waals surface area contributed by atoms with Crippen LogP contribution < -0.4 is 0 Å². The van der Waals surface area contributed by atoms with Crippen LogP contribution in [0.25, 0.3) is 11.1 Å². The van der Waals surface area contributed by atoms with Crippen LogP contribution in [0.3, 0.4) is 0 Å². The van der Waals surface area contributed by atoms with E-state index in [1.54, 1.807) is 0 Å². The molecule has 3 aromatic rings. The van der Waals surface area contributed by atoms with Gasteiger partial charge in [0.05, 0.1) is 13.7 Å². The van der Waals surface area contributed by atoms with Gasteiger partial charge in [0.15, 0.2) is 0 Å². The van der Waals surface area contributed by atoms with Crippen molar-refractivity contribution in [2.24, 2.45) is 0 Å². The highest BCUT2D eigenvalue weighted by molar-refractivity contribution is 5.82. The molecule has 1 fully saturated rings. The van der Waals surface area contributed by atoms with E-state index in [1.165, 1.54) is 12.0 Å². The number of hydrogen-bond donors (Lipinski definition) is 1. The van der Waals surface area contributed by atoms with Gasteiger partial charge in [0.1, 0.15) is 18.2 Å². The first-order valence-electron chi connectivity index (χ1n) is 10.4. The summed E-state index contributed by atoms with van der Waals surface area (Å²) in [5.74, 6) is -0.585. The third-order valence-electron chi connectivity index (χ3n) is 5.78. The SMILES string of the molecule is COC(=O)[C@@H]1C[C@@](O)(c2ccc(-c3ccccc3)cc2)CN1C(=O)OCc1ccccc1. The number of nitrogens with zero attached hydrogens (tertiary/aromatic N) is 1. The fourth-order valence-corrected chi connectivity index (χ4v) is 4.04. The molecule has 0 saturated carbocycles. The Morgan fingerprint density at radius 1 is 0.938 bits per heavy atom. The number of rotatable bonds is 5. The van der Waals surface area contributed by atoms with Gasteiger partial charge >= 0.3 is 12.1 Å². The lowest BCUT2D eigenvalue weighted by Gasteiger charge is -2.24. The zero-order valence-corrected chi connectivity index (χ0v) is 17.8. The Labute approximate surface area is 187 Å².